The molecule has 0 unspecified atom stereocenters. The van der Waals surface area contributed by atoms with E-state index in [1.807, 2.05) is 138 Å². The molecule has 254 valence electrons. The molecule has 0 aliphatic carbocycles. The fourth-order valence-corrected chi connectivity index (χ4v) is 7.45. The van der Waals surface area contributed by atoms with E-state index >= 15 is 0 Å². The highest BCUT2D eigenvalue weighted by atomic mass is 16.3. The van der Waals surface area contributed by atoms with E-state index in [2.05, 4.69) is 54.6 Å². The molecule has 10 aromatic rings. The largest absolute Gasteiger partial charge is 0.455 e. The molecule has 0 aliphatic heterocycles. The minimum atomic E-state index is -0.124. The van der Waals surface area contributed by atoms with Crippen LogP contribution >= 0.6 is 0 Å². The topological polar surface area (TPSA) is 16.4 Å². The van der Waals surface area contributed by atoms with Gasteiger partial charge >= 0.3 is 0 Å². The Morgan fingerprint density at radius 1 is 0.352 bits per heavy atom. The maximum atomic E-state index is 9.45. The molecule has 0 amide bonds. The molecule has 0 spiro atoms. The van der Waals surface area contributed by atoms with Gasteiger partial charge in [0.2, 0.25) is 0 Å². The lowest BCUT2D eigenvalue weighted by Crippen LogP contribution is -2.09. The van der Waals surface area contributed by atoms with Gasteiger partial charge in [0.1, 0.15) is 11.2 Å². The third kappa shape index (κ3) is 5.71. The van der Waals surface area contributed by atoms with E-state index in [0.29, 0.717) is 16.9 Å². The summed E-state index contributed by atoms with van der Waals surface area (Å²) in [5, 5.41) is 4.28. The number of benzene rings is 9. The predicted octanol–water partition coefficient (Wildman–Crippen LogP) is 14.9. The fraction of sp³-hybridized carbons (Fsp3) is 0. The standard InChI is InChI=1S/C52H35NO/c1-3-10-36(11-4-1)38-18-20-39(21-19-38)41-24-31-45(32-25-41)53(44-29-22-40(23-30-44)37-12-5-2-6-13-37)46-33-26-43(27-34-46)47-16-9-17-50-51(47)49-35-28-42-14-7-8-15-48(42)52(49)54-50/h1-35H/i24D,25D,31D,32D. The van der Waals surface area contributed by atoms with Gasteiger partial charge in [-0.1, -0.05) is 164 Å². The molecule has 0 fully saturated rings. The van der Waals surface area contributed by atoms with E-state index in [1.165, 1.54) is 0 Å². The Balaban J connectivity index is 1.10. The molecule has 0 atom stereocenters. The molecule has 2 heteroatoms. The normalized spacial score (nSPS) is 12.4. The van der Waals surface area contributed by atoms with Crippen molar-refractivity contribution in [1.29, 1.82) is 0 Å². The minimum absolute atomic E-state index is 0.1000. The molecule has 0 saturated heterocycles. The maximum absolute atomic E-state index is 9.45. The SMILES string of the molecule is [2H]c1c([2H])c(N(c2ccc(-c3ccccc3)cc2)c2ccc(-c3cccc4oc5c6ccccc6ccc5c34)cc2)c([2H])c([2H])c1-c1ccc(-c2ccccc2)cc1. The van der Waals surface area contributed by atoms with Crippen LogP contribution in [0.25, 0.3) is 77.2 Å². The van der Waals surface area contributed by atoms with E-state index < -0.39 is 0 Å². The number of fused-ring (bicyclic) bond motifs is 5. The molecule has 2 nitrogen and oxygen atoms in total. The van der Waals surface area contributed by atoms with E-state index in [4.69, 9.17) is 4.42 Å². The number of hydrogen-bond donors (Lipinski definition) is 0. The number of hydrogen-bond acceptors (Lipinski definition) is 2. The van der Waals surface area contributed by atoms with Gasteiger partial charge < -0.3 is 9.32 Å². The van der Waals surface area contributed by atoms with E-state index in [0.717, 1.165) is 66.1 Å². The number of rotatable bonds is 7. The van der Waals surface area contributed by atoms with Crippen LogP contribution in [-0.4, -0.2) is 0 Å². The zero-order valence-corrected chi connectivity index (χ0v) is 29.3. The highest BCUT2D eigenvalue weighted by Crippen LogP contribution is 2.42. The van der Waals surface area contributed by atoms with Crippen LogP contribution in [0.4, 0.5) is 17.1 Å². The molecular weight excluding hydrogens is 655 g/mol. The Bertz CT molecular complexity index is 3090. The van der Waals surface area contributed by atoms with Crippen LogP contribution in [0.15, 0.2) is 217 Å². The van der Waals surface area contributed by atoms with Gasteiger partial charge in [-0.15, -0.1) is 0 Å². The van der Waals surface area contributed by atoms with Crippen LogP contribution in [0.2, 0.25) is 0 Å². The Morgan fingerprint density at radius 3 is 1.50 bits per heavy atom. The van der Waals surface area contributed by atoms with Crippen molar-refractivity contribution in [1.82, 2.24) is 0 Å². The summed E-state index contributed by atoms with van der Waals surface area (Å²) in [5.74, 6) is 0. The first-order valence-electron chi connectivity index (χ1n) is 20.1. The Hall–Kier alpha value is -7.16. The highest BCUT2D eigenvalue weighted by molar-refractivity contribution is 6.19. The van der Waals surface area contributed by atoms with E-state index in [1.54, 1.807) is 0 Å². The molecule has 10 rings (SSSR count). The first-order chi connectivity index (χ1) is 28.4. The lowest BCUT2D eigenvalue weighted by atomic mass is 9.97. The van der Waals surface area contributed by atoms with Crippen LogP contribution in [0.1, 0.15) is 5.48 Å². The summed E-state index contributed by atoms with van der Waals surface area (Å²) in [6.45, 7) is 0. The summed E-state index contributed by atoms with van der Waals surface area (Å²) in [4.78, 5) is 1.83. The van der Waals surface area contributed by atoms with Gasteiger partial charge in [0.05, 0.1) is 5.48 Å². The van der Waals surface area contributed by atoms with Gasteiger partial charge in [-0.2, -0.15) is 0 Å². The molecule has 9 aromatic carbocycles. The average Bonchev–Trinajstić information content (AvgIpc) is 3.68. The molecule has 0 N–H and O–H groups in total. The molecule has 0 radical (unpaired) electrons. The zero-order chi connectivity index (χ0) is 39.3. The van der Waals surface area contributed by atoms with Crippen molar-refractivity contribution in [3.63, 3.8) is 0 Å². The lowest BCUT2D eigenvalue weighted by molar-refractivity contribution is 0.673. The third-order valence-electron chi connectivity index (χ3n) is 10.2. The predicted molar refractivity (Wildman–Crippen MR) is 228 cm³/mol. The number of anilines is 3. The third-order valence-corrected chi connectivity index (χ3v) is 10.2. The summed E-state index contributed by atoms with van der Waals surface area (Å²) in [6, 6.07) is 62.1. The van der Waals surface area contributed by atoms with Gasteiger partial charge in [-0.3, -0.25) is 0 Å². The van der Waals surface area contributed by atoms with Crippen molar-refractivity contribution < 1.29 is 9.90 Å². The summed E-state index contributed by atoms with van der Waals surface area (Å²) in [5.41, 5.74) is 10.3. The van der Waals surface area contributed by atoms with Crippen LogP contribution in [-0.2, 0) is 0 Å². The smallest absolute Gasteiger partial charge is 0.143 e. The summed E-state index contributed by atoms with van der Waals surface area (Å²) in [6.07, 6.45) is 0. The quantitative estimate of drug-likeness (QED) is 0.165. The van der Waals surface area contributed by atoms with Gasteiger partial charge in [-0.05, 0) is 98.4 Å². The van der Waals surface area contributed by atoms with Gasteiger partial charge in [0, 0.05) is 33.2 Å². The Morgan fingerprint density at radius 2 is 0.870 bits per heavy atom. The first-order valence-corrected chi connectivity index (χ1v) is 18.1. The minimum Gasteiger partial charge on any atom is -0.455 e. The van der Waals surface area contributed by atoms with Crippen molar-refractivity contribution in [3.05, 3.63) is 212 Å². The maximum Gasteiger partial charge on any atom is 0.143 e. The number of furan rings is 1. The van der Waals surface area contributed by atoms with Crippen molar-refractivity contribution in [2.45, 2.75) is 0 Å². The monoisotopic (exact) mass is 693 g/mol. The van der Waals surface area contributed by atoms with Crippen molar-refractivity contribution in [3.8, 4) is 44.5 Å². The van der Waals surface area contributed by atoms with Crippen molar-refractivity contribution >= 4 is 49.8 Å². The summed E-state index contributed by atoms with van der Waals surface area (Å²) >= 11 is 0. The fourth-order valence-electron chi connectivity index (χ4n) is 7.45. The van der Waals surface area contributed by atoms with Gasteiger partial charge in [0.15, 0.2) is 0 Å². The van der Waals surface area contributed by atoms with Crippen LogP contribution in [0, 0.1) is 0 Å². The Kier molecular flexibility index (Phi) is 6.84. The van der Waals surface area contributed by atoms with E-state index in [-0.39, 0.29) is 35.4 Å². The molecule has 0 aliphatic rings. The summed E-state index contributed by atoms with van der Waals surface area (Å²) in [7, 11) is 0. The van der Waals surface area contributed by atoms with Crippen molar-refractivity contribution in [2.24, 2.45) is 0 Å². The molecule has 1 heterocycles. The van der Waals surface area contributed by atoms with Crippen LogP contribution in [0.3, 0.4) is 0 Å². The van der Waals surface area contributed by atoms with Crippen LogP contribution < -0.4 is 4.90 Å². The second-order valence-corrected chi connectivity index (χ2v) is 13.4. The molecule has 1 aromatic heterocycles. The molecule has 54 heavy (non-hydrogen) atoms. The van der Waals surface area contributed by atoms with Gasteiger partial charge in [-0.25, -0.2) is 0 Å². The van der Waals surface area contributed by atoms with Crippen molar-refractivity contribution in [2.75, 3.05) is 4.90 Å². The van der Waals surface area contributed by atoms with E-state index in [9.17, 15) is 5.48 Å². The second-order valence-electron chi connectivity index (χ2n) is 13.4. The van der Waals surface area contributed by atoms with Crippen LogP contribution in [0.5, 0.6) is 0 Å². The number of nitrogens with zero attached hydrogens (tertiary/aromatic N) is 1. The lowest BCUT2D eigenvalue weighted by Gasteiger charge is -2.26. The summed E-state index contributed by atoms with van der Waals surface area (Å²) < 4.78 is 44.0. The molecular formula is C52H35NO. The highest BCUT2D eigenvalue weighted by Gasteiger charge is 2.17. The first kappa shape index (κ1) is 27.5. The zero-order valence-electron chi connectivity index (χ0n) is 33.3. The molecule has 0 bridgehead atoms. The second kappa shape index (κ2) is 13.4. The Labute approximate surface area is 320 Å². The molecule has 0 saturated carbocycles. The average molecular weight is 694 g/mol. The van der Waals surface area contributed by atoms with Gasteiger partial charge in [0.25, 0.3) is 0 Å².